The molecule has 3 rings (SSSR count). The number of nitrogens with zero attached hydrogens (tertiary/aromatic N) is 5. The topological polar surface area (TPSA) is 93.4 Å². The molecule has 3 heterocycles. The maximum Gasteiger partial charge on any atom is 0.276 e. The second-order valence-electron chi connectivity index (χ2n) is 5.91. The van der Waals surface area contributed by atoms with Gasteiger partial charge in [-0.15, -0.1) is 0 Å². The Bertz CT molecular complexity index is 654. The third-order valence-electron chi connectivity index (χ3n) is 3.94. The summed E-state index contributed by atoms with van der Waals surface area (Å²) in [4.78, 5) is 15.1. The minimum atomic E-state index is 0.433. The van der Waals surface area contributed by atoms with Crippen molar-refractivity contribution in [3.8, 4) is 11.6 Å². The summed E-state index contributed by atoms with van der Waals surface area (Å²) in [6.07, 6.45) is 4.74. The van der Waals surface area contributed by atoms with Crippen molar-refractivity contribution in [3.63, 3.8) is 0 Å². The van der Waals surface area contributed by atoms with Crippen molar-refractivity contribution in [1.82, 2.24) is 20.0 Å². The number of nitrogens with two attached hydrogens (primary N) is 1. The summed E-state index contributed by atoms with van der Waals surface area (Å²) in [7, 11) is 0. The van der Waals surface area contributed by atoms with E-state index in [2.05, 4.69) is 31.9 Å². The van der Waals surface area contributed by atoms with Gasteiger partial charge in [-0.1, -0.05) is 18.1 Å². The monoisotopic (exact) mass is 314 g/mol. The predicted octanol–water partition coefficient (Wildman–Crippen LogP) is 1.72. The van der Waals surface area contributed by atoms with Gasteiger partial charge in [0.25, 0.3) is 5.89 Å². The molecule has 1 unspecified atom stereocenters. The van der Waals surface area contributed by atoms with Gasteiger partial charge >= 0.3 is 0 Å². The molecule has 7 heteroatoms. The number of rotatable bonds is 4. The molecule has 122 valence electrons. The van der Waals surface area contributed by atoms with Gasteiger partial charge in [0.2, 0.25) is 0 Å². The lowest BCUT2D eigenvalue weighted by molar-refractivity contribution is 0.270. The number of hydrogen-bond acceptors (Lipinski definition) is 5. The van der Waals surface area contributed by atoms with Gasteiger partial charge in [0.05, 0.1) is 0 Å². The van der Waals surface area contributed by atoms with Crippen molar-refractivity contribution in [2.45, 2.75) is 26.2 Å². The van der Waals surface area contributed by atoms with Gasteiger partial charge in [-0.05, 0) is 30.9 Å². The number of hydrogen-bond donors (Lipinski definition) is 1. The summed E-state index contributed by atoms with van der Waals surface area (Å²) in [6.45, 7) is 4.78. The molecule has 7 nitrogen and oxygen atoms in total. The molecule has 1 atom stereocenters. The second kappa shape index (κ2) is 7.21. The average molecular weight is 314 g/mol. The Morgan fingerprint density at radius 3 is 3.17 bits per heavy atom. The van der Waals surface area contributed by atoms with E-state index in [9.17, 15) is 0 Å². The highest BCUT2D eigenvalue weighted by Crippen LogP contribution is 2.15. The molecule has 23 heavy (non-hydrogen) atoms. The van der Waals surface area contributed by atoms with Crippen LogP contribution in [0.3, 0.4) is 0 Å². The molecule has 1 aliphatic rings. The average Bonchev–Trinajstić information content (AvgIpc) is 3.04. The van der Waals surface area contributed by atoms with Crippen molar-refractivity contribution >= 4 is 5.96 Å². The van der Waals surface area contributed by atoms with E-state index in [4.69, 9.17) is 10.3 Å². The molecule has 0 saturated carbocycles. The molecule has 1 fully saturated rings. The van der Waals surface area contributed by atoms with Crippen LogP contribution in [0.15, 0.2) is 33.9 Å². The molecule has 2 aromatic rings. The Kier molecular flexibility index (Phi) is 4.85. The summed E-state index contributed by atoms with van der Waals surface area (Å²) in [5.41, 5.74) is 6.75. The first kappa shape index (κ1) is 15.5. The Morgan fingerprint density at radius 2 is 2.39 bits per heavy atom. The van der Waals surface area contributed by atoms with Crippen molar-refractivity contribution < 1.29 is 4.52 Å². The maximum absolute atomic E-state index is 6.07. The van der Waals surface area contributed by atoms with E-state index in [1.165, 1.54) is 12.8 Å². The van der Waals surface area contributed by atoms with Crippen LogP contribution in [0.5, 0.6) is 0 Å². The molecule has 1 saturated heterocycles. The number of likely N-dealkylation sites (tertiary alicyclic amines) is 1. The maximum atomic E-state index is 6.07. The first-order valence-corrected chi connectivity index (χ1v) is 8.01. The normalized spacial score (nSPS) is 19.1. The van der Waals surface area contributed by atoms with Crippen LogP contribution in [0, 0.1) is 5.92 Å². The number of piperidine rings is 1. The van der Waals surface area contributed by atoms with Gasteiger partial charge in [0.15, 0.2) is 11.8 Å². The van der Waals surface area contributed by atoms with E-state index in [1.807, 2.05) is 18.2 Å². The van der Waals surface area contributed by atoms with Crippen molar-refractivity contribution in [2.75, 3.05) is 19.6 Å². The van der Waals surface area contributed by atoms with Crippen molar-refractivity contribution in [2.24, 2.45) is 16.6 Å². The zero-order chi connectivity index (χ0) is 16.1. The van der Waals surface area contributed by atoms with Gasteiger partial charge in [-0.25, -0.2) is 0 Å². The highest BCUT2D eigenvalue weighted by molar-refractivity contribution is 5.78. The van der Waals surface area contributed by atoms with E-state index < -0.39 is 0 Å². The quantitative estimate of drug-likeness (QED) is 0.682. The zero-order valence-electron chi connectivity index (χ0n) is 13.4. The van der Waals surface area contributed by atoms with Crippen LogP contribution >= 0.6 is 0 Å². The molecule has 2 aromatic heterocycles. The molecule has 0 aromatic carbocycles. The van der Waals surface area contributed by atoms with Gasteiger partial charge < -0.3 is 15.2 Å². The van der Waals surface area contributed by atoms with E-state index in [1.54, 1.807) is 6.20 Å². The molecule has 2 N–H and O–H groups in total. The number of aromatic nitrogens is 3. The van der Waals surface area contributed by atoms with Crippen molar-refractivity contribution in [1.29, 1.82) is 0 Å². The van der Waals surface area contributed by atoms with Crippen LogP contribution in [0.25, 0.3) is 11.6 Å². The number of aliphatic imine (C=N–C) groups is 1. The van der Waals surface area contributed by atoms with Crippen LogP contribution in [-0.2, 0) is 6.42 Å². The van der Waals surface area contributed by atoms with Gasteiger partial charge in [-0.2, -0.15) is 4.98 Å². The van der Waals surface area contributed by atoms with Gasteiger partial charge in [0.1, 0.15) is 5.69 Å². The summed E-state index contributed by atoms with van der Waals surface area (Å²) >= 11 is 0. The Morgan fingerprint density at radius 1 is 1.48 bits per heavy atom. The molecule has 0 spiro atoms. The lowest BCUT2D eigenvalue weighted by Gasteiger charge is -2.31. The van der Waals surface area contributed by atoms with Crippen LogP contribution in [0.2, 0.25) is 0 Å². The zero-order valence-corrected chi connectivity index (χ0v) is 13.4. The third-order valence-corrected chi connectivity index (χ3v) is 3.94. The van der Waals surface area contributed by atoms with E-state index in [0.717, 1.165) is 13.1 Å². The van der Waals surface area contributed by atoms with Gasteiger partial charge in [0, 0.05) is 32.3 Å². The third kappa shape index (κ3) is 4.06. The van der Waals surface area contributed by atoms with Crippen LogP contribution in [0.1, 0.15) is 25.6 Å². The Hall–Kier alpha value is -2.44. The van der Waals surface area contributed by atoms with Crippen LogP contribution in [0.4, 0.5) is 0 Å². The molecular formula is C16H22N6O. The summed E-state index contributed by atoms with van der Waals surface area (Å²) in [5, 5.41) is 3.96. The summed E-state index contributed by atoms with van der Waals surface area (Å²) in [6, 6.07) is 5.57. The van der Waals surface area contributed by atoms with Crippen molar-refractivity contribution in [3.05, 3.63) is 30.2 Å². The first-order valence-electron chi connectivity index (χ1n) is 8.01. The predicted molar refractivity (Wildman–Crippen MR) is 87.7 cm³/mol. The molecule has 0 amide bonds. The number of guanidine groups is 1. The van der Waals surface area contributed by atoms with Gasteiger partial charge in [-0.3, -0.25) is 9.98 Å². The first-order chi connectivity index (χ1) is 11.2. The number of pyridine rings is 1. The largest absolute Gasteiger partial charge is 0.370 e. The molecular weight excluding hydrogens is 292 g/mol. The molecule has 0 bridgehead atoms. The van der Waals surface area contributed by atoms with Crippen LogP contribution < -0.4 is 5.73 Å². The second-order valence-corrected chi connectivity index (χ2v) is 5.91. The smallest absolute Gasteiger partial charge is 0.276 e. The van der Waals surface area contributed by atoms with E-state index in [-0.39, 0.29) is 0 Å². The minimum absolute atomic E-state index is 0.433. The fourth-order valence-corrected chi connectivity index (χ4v) is 2.72. The van der Waals surface area contributed by atoms with E-state index >= 15 is 0 Å². The summed E-state index contributed by atoms with van der Waals surface area (Å²) in [5.74, 6) is 2.34. The minimum Gasteiger partial charge on any atom is -0.370 e. The highest BCUT2D eigenvalue weighted by Gasteiger charge is 2.17. The SMILES string of the molecule is CC1CCCN(C(N)=NCCc2noc(-c3ccccn3)n2)C1. The highest BCUT2D eigenvalue weighted by atomic mass is 16.5. The Labute approximate surface area is 135 Å². The fraction of sp³-hybridized carbons (Fsp3) is 0.500. The summed E-state index contributed by atoms with van der Waals surface area (Å²) < 4.78 is 5.22. The van der Waals surface area contributed by atoms with Crippen LogP contribution in [-0.4, -0.2) is 45.6 Å². The molecule has 0 radical (unpaired) electrons. The fourth-order valence-electron chi connectivity index (χ4n) is 2.72. The van der Waals surface area contributed by atoms with E-state index in [0.29, 0.717) is 42.3 Å². The lowest BCUT2D eigenvalue weighted by Crippen LogP contribution is -2.43. The standard InChI is InChI=1S/C16H22N6O/c1-12-5-4-10-22(11-12)16(17)19-9-7-14-20-15(23-21-14)13-6-2-3-8-18-13/h2-3,6,8,12H,4-5,7,9-11H2,1H3,(H2,17,19). The molecule has 1 aliphatic heterocycles. The lowest BCUT2D eigenvalue weighted by atomic mass is 10.0. The Balaban J connectivity index is 1.54. The molecule has 0 aliphatic carbocycles.